The summed E-state index contributed by atoms with van der Waals surface area (Å²) in [6.45, 7) is 0.325. The monoisotopic (exact) mass is 411 g/mol. The fourth-order valence-corrected chi connectivity index (χ4v) is 3.81. The first-order valence-electron chi connectivity index (χ1n) is 10.1. The lowest BCUT2D eigenvalue weighted by Gasteiger charge is -2.07. The van der Waals surface area contributed by atoms with Crippen LogP contribution in [0.1, 0.15) is 6.42 Å². The van der Waals surface area contributed by atoms with Crippen molar-refractivity contribution in [3.8, 4) is 11.3 Å². The lowest BCUT2D eigenvalue weighted by molar-refractivity contribution is -0.116. The Morgan fingerprint density at radius 3 is 2.48 bits per heavy atom. The fraction of sp³-hybridized carbons (Fsp3) is 0.125. The zero-order valence-corrected chi connectivity index (χ0v) is 17.0. The Kier molecular flexibility index (Phi) is 4.63. The van der Waals surface area contributed by atoms with Crippen LogP contribution in [0.3, 0.4) is 0 Å². The van der Waals surface area contributed by atoms with Gasteiger partial charge < -0.3 is 9.72 Å². The highest BCUT2D eigenvalue weighted by Crippen LogP contribution is 2.21. The topological polar surface area (TPSA) is 73.3 Å². The third kappa shape index (κ3) is 3.50. The molecule has 1 N–H and O–H groups in total. The maximum atomic E-state index is 12.5. The highest BCUT2D eigenvalue weighted by Gasteiger charge is 2.12. The predicted octanol–water partition coefficient (Wildman–Crippen LogP) is 3.68. The summed E-state index contributed by atoms with van der Waals surface area (Å²) in [4.78, 5) is 29.6. The minimum absolute atomic E-state index is 0.120. The number of hydrogen-bond donors (Lipinski definition) is 1. The third-order valence-electron chi connectivity index (χ3n) is 5.44. The molecule has 0 aliphatic rings. The van der Waals surface area contributed by atoms with Crippen LogP contribution in [0.4, 0.5) is 5.69 Å². The summed E-state index contributed by atoms with van der Waals surface area (Å²) < 4.78 is 5.22. The first kappa shape index (κ1) is 18.9. The first-order valence-corrected chi connectivity index (χ1v) is 10.1. The molecule has 3 heterocycles. The molecule has 31 heavy (non-hydrogen) atoms. The summed E-state index contributed by atoms with van der Waals surface area (Å²) in [5.74, 6) is -0.139. The van der Waals surface area contributed by atoms with Gasteiger partial charge >= 0.3 is 5.69 Å². The van der Waals surface area contributed by atoms with Crippen LogP contribution in [0.5, 0.6) is 0 Å². The van der Waals surface area contributed by atoms with E-state index < -0.39 is 0 Å². The molecule has 0 unspecified atom stereocenters. The van der Waals surface area contributed by atoms with Crippen molar-refractivity contribution in [3.63, 3.8) is 0 Å². The Bertz CT molecular complexity index is 1420. The van der Waals surface area contributed by atoms with Crippen molar-refractivity contribution in [1.29, 1.82) is 0 Å². The number of pyridine rings is 1. The van der Waals surface area contributed by atoms with Crippen LogP contribution in [0.2, 0.25) is 0 Å². The molecule has 0 saturated heterocycles. The van der Waals surface area contributed by atoms with Gasteiger partial charge in [0.15, 0.2) is 0 Å². The number of aryl methyl sites for hydroxylation is 2. The van der Waals surface area contributed by atoms with E-state index in [2.05, 4.69) is 10.3 Å². The van der Waals surface area contributed by atoms with Gasteiger partial charge in [-0.25, -0.2) is 9.78 Å². The van der Waals surface area contributed by atoms with Gasteiger partial charge in [0.05, 0.1) is 16.7 Å². The number of amides is 1. The number of aromatic nitrogens is 4. The van der Waals surface area contributed by atoms with Crippen molar-refractivity contribution in [2.45, 2.75) is 13.0 Å². The van der Waals surface area contributed by atoms with Gasteiger partial charge in [0, 0.05) is 43.7 Å². The van der Waals surface area contributed by atoms with Gasteiger partial charge in [-0.15, -0.1) is 0 Å². The Morgan fingerprint density at radius 1 is 0.968 bits per heavy atom. The summed E-state index contributed by atoms with van der Waals surface area (Å²) in [5.41, 5.74) is 5.02. The summed E-state index contributed by atoms with van der Waals surface area (Å²) in [5, 5.41) is 2.91. The number of rotatable bonds is 5. The molecule has 0 atom stereocenters. The van der Waals surface area contributed by atoms with E-state index in [1.54, 1.807) is 16.2 Å². The second-order valence-corrected chi connectivity index (χ2v) is 7.45. The number of benzene rings is 2. The summed E-state index contributed by atoms with van der Waals surface area (Å²) in [6.07, 6.45) is 4.15. The average Bonchev–Trinajstić information content (AvgIpc) is 3.33. The van der Waals surface area contributed by atoms with Gasteiger partial charge in [0.1, 0.15) is 5.65 Å². The predicted molar refractivity (Wildman–Crippen MR) is 121 cm³/mol. The van der Waals surface area contributed by atoms with Crippen molar-refractivity contribution in [2.75, 3.05) is 5.32 Å². The Morgan fingerprint density at radius 2 is 1.71 bits per heavy atom. The second-order valence-electron chi connectivity index (χ2n) is 7.45. The van der Waals surface area contributed by atoms with Crippen LogP contribution in [0.15, 0.2) is 83.9 Å². The molecule has 3 aromatic heterocycles. The first-order chi connectivity index (χ1) is 15.1. The van der Waals surface area contributed by atoms with Crippen molar-refractivity contribution in [2.24, 2.45) is 7.05 Å². The van der Waals surface area contributed by atoms with E-state index in [9.17, 15) is 9.59 Å². The van der Waals surface area contributed by atoms with Gasteiger partial charge in [0.2, 0.25) is 5.91 Å². The number of para-hydroxylation sites is 2. The molecule has 154 valence electrons. The molecule has 0 spiro atoms. The molecular formula is C24H21N5O2. The Labute approximate surface area is 178 Å². The molecule has 0 aliphatic heterocycles. The minimum Gasteiger partial charge on any atom is -0.326 e. The molecule has 7 heteroatoms. The SMILES string of the molecule is Cn1c(=O)n(CCC(=O)Nc2ccc(-c3cn4ccccc4n3)cc2)c2ccccc21. The van der Waals surface area contributed by atoms with E-state index in [-0.39, 0.29) is 18.0 Å². The van der Waals surface area contributed by atoms with Gasteiger partial charge in [-0.05, 0) is 36.4 Å². The highest BCUT2D eigenvalue weighted by atomic mass is 16.2. The molecule has 0 fully saturated rings. The van der Waals surface area contributed by atoms with E-state index in [4.69, 9.17) is 0 Å². The van der Waals surface area contributed by atoms with Gasteiger partial charge in [-0.2, -0.15) is 0 Å². The van der Waals surface area contributed by atoms with E-state index >= 15 is 0 Å². The van der Waals surface area contributed by atoms with Crippen LogP contribution in [-0.4, -0.2) is 24.4 Å². The Balaban J connectivity index is 1.27. The van der Waals surface area contributed by atoms with E-state index in [0.717, 1.165) is 27.9 Å². The van der Waals surface area contributed by atoms with Crippen LogP contribution < -0.4 is 11.0 Å². The zero-order chi connectivity index (χ0) is 21.4. The molecule has 0 saturated carbocycles. The summed E-state index contributed by atoms with van der Waals surface area (Å²) in [6, 6.07) is 21.1. The van der Waals surface area contributed by atoms with E-state index in [1.807, 2.05) is 83.5 Å². The third-order valence-corrected chi connectivity index (χ3v) is 5.44. The van der Waals surface area contributed by atoms with Crippen LogP contribution >= 0.6 is 0 Å². The minimum atomic E-state index is -0.139. The van der Waals surface area contributed by atoms with Crippen molar-refractivity contribution in [3.05, 3.63) is 89.6 Å². The van der Waals surface area contributed by atoms with Crippen molar-refractivity contribution >= 4 is 28.3 Å². The molecule has 2 aromatic carbocycles. The van der Waals surface area contributed by atoms with Crippen LogP contribution in [-0.2, 0) is 18.4 Å². The van der Waals surface area contributed by atoms with Crippen LogP contribution in [0, 0.1) is 0 Å². The molecule has 0 bridgehead atoms. The lowest BCUT2D eigenvalue weighted by Crippen LogP contribution is -2.24. The average molecular weight is 411 g/mol. The fourth-order valence-electron chi connectivity index (χ4n) is 3.81. The molecule has 5 rings (SSSR count). The number of carbonyl (C=O) groups is 1. The largest absolute Gasteiger partial charge is 0.328 e. The molecule has 7 nitrogen and oxygen atoms in total. The molecule has 1 amide bonds. The number of nitrogens with one attached hydrogen (secondary N) is 1. The number of hydrogen-bond acceptors (Lipinski definition) is 3. The summed E-state index contributed by atoms with van der Waals surface area (Å²) in [7, 11) is 1.74. The van der Waals surface area contributed by atoms with E-state index in [1.165, 1.54) is 0 Å². The number of carbonyl (C=O) groups excluding carboxylic acids is 1. The number of fused-ring (bicyclic) bond motifs is 2. The molecule has 0 radical (unpaired) electrons. The van der Waals surface area contributed by atoms with Gasteiger partial charge in [-0.1, -0.05) is 30.3 Å². The normalized spacial score (nSPS) is 11.3. The van der Waals surface area contributed by atoms with Crippen molar-refractivity contribution in [1.82, 2.24) is 18.5 Å². The highest BCUT2D eigenvalue weighted by molar-refractivity contribution is 5.91. The quantitative estimate of drug-likeness (QED) is 0.479. The standard InChI is InChI=1S/C24H21N5O2/c1-27-20-6-2-3-7-21(20)29(24(27)31)15-13-23(30)25-18-11-9-17(10-12-18)19-16-28-14-5-4-8-22(28)26-19/h2-12,14,16H,13,15H2,1H3,(H,25,30). The molecule has 5 aromatic rings. The zero-order valence-electron chi connectivity index (χ0n) is 17.0. The lowest BCUT2D eigenvalue weighted by atomic mass is 10.1. The van der Waals surface area contributed by atoms with Gasteiger partial charge in [-0.3, -0.25) is 13.9 Å². The maximum Gasteiger partial charge on any atom is 0.328 e. The smallest absolute Gasteiger partial charge is 0.326 e. The number of anilines is 1. The summed E-state index contributed by atoms with van der Waals surface area (Å²) >= 11 is 0. The molecular weight excluding hydrogens is 390 g/mol. The van der Waals surface area contributed by atoms with Gasteiger partial charge in [0.25, 0.3) is 0 Å². The van der Waals surface area contributed by atoms with Crippen molar-refractivity contribution < 1.29 is 4.79 Å². The number of imidazole rings is 2. The van der Waals surface area contributed by atoms with E-state index in [0.29, 0.717) is 12.2 Å². The van der Waals surface area contributed by atoms with Crippen LogP contribution in [0.25, 0.3) is 27.9 Å². The molecule has 0 aliphatic carbocycles. The number of nitrogens with zero attached hydrogens (tertiary/aromatic N) is 4. The Hall–Kier alpha value is -4.13. The maximum absolute atomic E-state index is 12.5. The second kappa shape index (κ2) is 7.60.